The van der Waals surface area contributed by atoms with Gasteiger partial charge in [-0.15, -0.1) is 0 Å². The average molecular weight is 304 g/mol. The summed E-state index contributed by atoms with van der Waals surface area (Å²) >= 11 is 11.5. The number of nitrogens with zero attached hydrogens (tertiary/aromatic N) is 1. The Morgan fingerprint density at radius 3 is 2.74 bits per heavy atom. The van der Waals surface area contributed by atoms with Gasteiger partial charge in [-0.3, -0.25) is 0 Å². The number of rotatable bonds is 7. The molecular weight excluding hydrogens is 285 g/mol. The second-order valence-corrected chi connectivity index (χ2v) is 5.33. The number of ether oxygens (including phenoxy) is 1. The number of aromatic nitrogens is 1. The van der Waals surface area contributed by atoms with Crippen LogP contribution in [0.1, 0.15) is 56.3 Å². The molecule has 0 aromatic carbocycles. The second-order valence-electron chi connectivity index (χ2n) is 4.56. The van der Waals surface area contributed by atoms with E-state index in [1.807, 2.05) is 6.92 Å². The van der Waals surface area contributed by atoms with Gasteiger partial charge in [0, 0.05) is 6.20 Å². The first-order chi connectivity index (χ1) is 9.04. The molecule has 0 aliphatic rings. The summed E-state index contributed by atoms with van der Waals surface area (Å²) in [6, 6.07) is 1.48. The Morgan fingerprint density at radius 2 is 2.11 bits per heavy atom. The summed E-state index contributed by atoms with van der Waals surface area (Å²) in [6.07, 6.45) is 6.81. The smallest absolute Gasteiger partial charge is 0.340 e. The van der Waals surface area contributed by atoms with Crippen molar-refractivity contribution in [2.45, 2.75) is 52.1 Å². The minimum Gasteiger partial charge on any atom is -0.459 e. The predicted molar refractivity (Wildman–Crippen MR) is 77.9 cm³/mol. The van der Waals surface area contributed by atoms with Gasteiger partial charge >= 0.3 is 5.97 Å². The molecule has 0 aliphatic carbocycles. The maximum absolute atomic E-state index is 11.8. The molecule has 0 bridgehead atoms. The first kappa shape index (κ1) is 16.3. The van der Waals surface area contributed by atoms with Gasteiger partial charge in [-0.25, -0.2) is 9.78 Å². The van der Waals surface area contributed by atoms with Crippen LogP contribution < -0.4 is 0 Å². The van der Waals surface area contributed by atoms with Gasteiger partial charge in [0.15, 0.2) is 0 Å². The largest absolute Gasteiger partial charge is 0.459 e. The molecule has 0 N–H and O–H groups in total. The average Bonchev–Trinajstić information content (AvgIpc) is 2.38. The van der Waals surface area contributed by atoms with Crippen molar-refractivity contribution in [3.63, 3.8) is 0 Å². The molecule has 1 aromatic rings. The van der Waals surface area contributed by atoms with Crippen LogP contribution in [0.15, 0.2) is 12.3 Å². The number of hydrogen-bond donors (Lipinski definition) is 0. The zero-order valence-corrected chi connectivity index (χ0v) is 12.8. The SMILES string of the molecule is CCCCCCC(C)OC(=O)c1cnc(Cl)c(Cl)c1. The minimum atomic E-state index is -0.408. The molecule has 3 nitrogen and oxygen atoms in total. The summed E-state index contributed by atoms with van der Waals surface area (Å²) in [6.45, 7) is 4.07. The fourth-order valence-electron chi connectivity index (χ4n) is 1.70. The number of halogens is 2. The third-order valence-electron chi connectivity index (χ3n) is 2.80. The molecule has 0 saturated carbocycles. The van der Waals surface area contributed by atoms with Crippen molar-refractivity contribution in [1.82, 2.24) is 4.98 Å². The maximum Gasteiger partial charge on any atom is 0.340 e. The van der Waals surface area contributed by atoms with Crippen molar-refractivity contribution in [1.29, 1.82) is 0 Å². The normalized spacial score (nSPS) is 12.2. The third kappa shape index (κ3) is 5.79. The molecule has 0 saturated heterocycles. The van der Waals surface area contributed by atoms with Crippen LogP contribution in [0.2, 0.25) is 10.2 Å². The summed E-state index contributed by atoms with van der Waals surface area (Å²) in [7, 11) is 0. The van der Waals surface area contributed by atoms with Crippen molar-refractivity contribution in [3.8, 4) is 0 Å². The van der Waals surface area contributed by atoms with E-state index in [0.717, 1.165) is 12.8 Å². The lowest BCUT2D eigenvalue weighted by Gasteiger charge is -2.13. The summed E-state index contributed by atoms with van der Waals surface area (Å²) in [5.74, 6) is -0.408. The standard InChI is InChI=1S/C14H19Cl2NO2/c1-3-4-5-6-7-10(2)19-14(18)11-8-12(15)13(16)17-9-11/h8-10H,3-7H2,1-2H3. The molecule has 19 heavy (non-hydrogen) atoms. The number of unbranched alkanes of at least 4 members (excludes halogenated alkanes) is 3. The zero-order valence-electron chi connectivity index (χ0n) is 11.3. The van der Waals surface area contributed by atoms with Crippen LogP contribution in [0.5, 0.6) is 0 Å². The van der Waals surface area contributed by atoms with Crippen LogP contribution in [0, 0.1) is 0 Å². The molecule has 106 valence electrons. The van der Waals surface area contributed by atoms with Crippen molar-refractivity contribution in [2.24, 2.45) is 0 Å². The van der Waals surface area contributed by atoms with Gasteiger partial charge in [0.2, 0.25) is 0 Å². The number of carbonyl (C=O) groups is 1. The summed E-state index contributed by atoms with van der Waals surface area (Å²) in [5.41, 5.74) is 0.329. The molecular formula is C14H19Cl2NO2. The number of hydrogen-bond acceptors (Lipinski definition) is 3. The first-order valence-corrected chi connectivity index (χ1v) is 7.32. The van der Waals surface area contributed by atoms with E-state index in [2.05, 4.69) is 11.9 Å². The van der Waals surface area contributed by atoms with Crippen molar-refractivity contribution in [2.75, 3.05) is 0 Å². The van der Waals surface area contributed by atoms with E-state index in [1.54, 1.807) is 0 Å². The highest BCUT2D eigenvalue weighted by atomic mass is 35.5. The number of carbonyl (C=O) groups excluding carboxylic acids is 1. The van der Waals surface area contributed by atoms with Crippen LogP contribution in [-0.4, -0.2) is 17.1 Å². The molecule has 0 amide bonds. The lowest BCUT2D eigenvalue weighted by Crippen LogP contribution is -2.15. The minimum absolute atomic E-state index is 0.0983. The molecule has 0 spiro atoms. The fraction of sp³-hybridized carbons (Fsp3) is 0.571. The zero-order chi connectivity index (χ0) is 14.3. The highest BCUT2D eigenvalue weighted by Crippen LogP contribution is 2.20. The molecule has 0 radical (unpaired) electrons. The van der Waals surface area contributed by atoms with Gasteiger partial charge in [0.05, 0.1) is 16.7 Å². The molecule has 1 atom stereocenters. The summed E-state index contributed by atoms with van der Waals surface area (Å²) in [4.78, 5) is 15.7. The lowest BCUT2D eigenvalue weighted by atomic mass is 10.1. The highest BCUT2D eigenvalue weighted by molar-refractivity contribution is 6.41. The summed E-state index contributed by atoms with van der Waals surface area (Å²) in [5, 5.41) is 0.442. The Labute approximate surface area is 124 Å². The van der Waals surface area contributed by atoms with Gasteiger partial charge < -0.3 is 4.74 Å². The van der Waals surface area contributed by atoms with Crippen molar-refractivity contribution in [3.05, 3.63) is 28.0 Å². The van der Waals surface area contributed by atoms with Crippen LogP contribution in [0.3, 0.4) is 0 Å². The molecule has 1 rings (SSSR count). The number of pyridine rings is 1. The van der Waals surface area contributed by atoms with E-state index in [-0.39, 0.29) is 16.3 Å². The monoisotopic (exact) mass is 303 g/mol. The van der Waals surface area contributed by atoms with Gasteiger partial charge in [0.25, 0.3) is 0 Å². The van der Waals surface area contributed by atoms with Crippen LogP contribution in [-0.2, 0) is 4.74 Å². The highest BCUT2D eigenvalue weighted by Gasteiger charge is 2.13. The maximum atomic E-state index is 11.8. The van der Waals surface area contributed by atoms with Gasteiger partial charge in [-0.1, -0.05) is 49.4 Å². The van der Waals surface area contributed by atoms with E-state index in [4.69, 9.17) is 27.9 Å². The van der Waals surface area contributed by atoms with E-state index in [9.17, 15) is 4.79 Å². The second kappa shape index (κ2) is 8.39. The van der Waals surface area contributed by atoms with E-state index < -0.39 is 5.97 Å². The van der Waals surface area contributed by atoms with Crippen LogP contribution in [0.25, 0.3) is 0 Å². The molecule has 1 unspecified atom stereocenters. The topological polar surface area (TPSA) is 39.2 Å². The molecule has 1 heterocycles. The van der Waals surface area contributed by atoms with Gasteiger partial charge in [0.1, 0.15) is 5.15 Å². The predicted octanol–water partition coefficient (Wildman–Crippen LogP) is 4.90. The Bertz CT molecular complexity index is 424. The third-order valence-corrected chi connectivity index (χ3v) is 3.49. The van der Waals surface area contributed by atoms with E-state index in [0.29, 0.717) is 5.56 Å². The quantitative estimate of drug-likeness (QED) is 0.408. The lowest BCUT2D eigenvalue weighted by molar-refractivity contribution is 0.0319. The van der Waals surface area contributed by atoms with E-state index in [1.165, 1.54) is 31.5 Å². The molecule has 5 heteroatoms. The van der Waals surface area contributed by atoms with Crippen LogP contribution in [0.4, 0.5) is 0 Å². The number of esters is 1. The first-order valence-electron chi connectivity index (χ1n) is 6.56. The fourth-order valence-corrected chi connectivity index (χ4v) is 1.97. The van der Waals surface area contributed by atoms with E-state index >= 15 is 0 Å². The Hall–Kier alpha value is -0.800. The Kier molecular flexibility index (Phi) is 7.17. The Morgan fingerprint density at radius 1 is 1.37 bits per heavy atom. The molecule has 0 fully saturated rings. The van der Waals surface area contributed by atoms with Crippen LogP contribution >= 0.6 is 23.2 Å². The molecule has 1 aromatic heterocycles. The van der Waals surface area contributed by atoms with Gasteiger partial charge in [-0.05, 0) is 25.8 Å². The van der Waals surface area contributed by atoms with Crippen molar-refractivity contribution >= 4 is 29.2 Å². The van der Waals surface area contributed by atoms with Gasteiger partial charge in [-0.2, -0.15) is 0 Å². The summed E-state index contributed by atoms with van der Waals surface area (Å²) < 4.78 is 5.33. The Balaban J connectivity index is 2.43. The molecule has 0 aliphatic heterocycles. The van der Waals surface area contributed by atoms with Crippen molar-refractivity contribution < 1.29 is 9.53 Å².